The van der Waals surface area contributed by atoms with Crippen molar-refractivity contribution >= 4 is 11.9 Å². The monoisotopic (exact) mass is 184 g/mol. The number of nitrogen functional groups attached to an aromatic ring is 1. The summed E-state index contributed by atoms with van der Waals surface area (Å²) in [6, 6.07) is 2.74. The Hall–Kier alpha value is -1.49. The third-order valence-electron chi connectivity index (χ3n) is 1.64. The van der Waals surface area contributed by atoms with Gasteiger partial charge in [0.1, 0.15) is 11.8 Å². The molecule has 0 spiro atoms. The van der Waals surface area contributed by atoms with Crippen molar-refractivity contribution in [1.29, 1.82) is 0 Å². The fraction of sp³-hybridized carbons (Fsp3) is 0.375. The summed E-state index contributed by atoms with van der Waals surface area (Å²) in [6.07, 6.45) is 0. The zero-order chi connectivity index (χ0) is 9.84. The van der Waals surface area contributed by atoms with Crippen molar-refractivity contribution in [3.8, 4) is 0 Å². The average Bonchev–Trinajstić information content (AvgIpc) is 2.47. The lowest BCUT2D eigenvalue weighted by molar-refractivity contribution is -0.139. The number of carboxylic acid groups (broad SMARTS) is 1. The molecule has 1 rings (SSSR count). The molecule has 0 fully saturated rings. The van der Waals surface area contributed by atoms with Crippen LogP contribution in [0.5, 0.6) is 0 Å². The highest BCUT2D eigenvalue weighted by Crippen LogP contribution is 2.08. The Labute approximate surface area is 75.5 Å². The van der Waals surface area contributed by atoms with Crippen LogP contribution in [0.25, 0.3) is 0 Å². The molecule has 0 amide bonds. The van der Waals surface area contributed by atoms with E-state index in [1.54, 1.807) is 19.1 Å². The summed E-state index contributed by atoms with van der Waals surface area (Å²) >= 11 is 0. The van der Waals surface area contributed by atoms with Gasteiger partial charge in [0.2, 0.25) is 0 Å². The molecule has 1 aromatic heterocycles. The van der Waals surface area contributed by atoms with E-state index < -0.39 is 12.0 Å². The number of hydrogen-bond donors (Lipinski definition) is 3. The number of nitrogens with two attached hydrogens (primary N) is 1. The molecule has 0 saturated heterocycles. The van der Waals surface area contributed by atoms with E-state index in [0.717, 1.165) is 0 Å². The Kier molecular flexibility index (Phi) is 2.92. The first-order chi connectivity index (χ1) is 6.09. The van der Waals surface area contributed by atoms with Crippen LogP contribution >= 0.6 is 0 Å². The van der Waals surface area contributed by atoms with Crippen LogP contribution in [-0.4, -0.2) is 17.1 Å². The number of carbonyl (C=O) groups is 1. The Bertz CT molecular complexity index is 295. The van der Waals surface area contributed by atoms with E-state index in [9.17, 15) is 4.79 Å². The molecule has 5 nitrogen and oxygen atoms in total. The van der Waals surface area contributed by atoms with E-state index in [-0.39, 0.29) is 0 Å². The second kappa shape index (κ2) is 3.95. The standard InChI is InChI=1S/C8H12N2O3/c1-5(8(11)12)10-4-6-2-3-7(9)13-6/h2-3,5,10H,4,9H2,1H3,(H,11,12). The van der Waals surface area contributed by atoms with Gasteiger partial charge in [-0.1, -0.05) is 0 Å². The Morgan fingerprint density at radius 3 is 2.92 bits per heavy atom. The van der Waals surface area contributed by atoms with Crippen molar-refractivity contribution in [2.45, 2.75) is 19.5 Å². The second-order valence-electron chi connectivity index (χ2n) is 2.74. The van der Waals surface area contributed by atoms with Gasteiger partial charge in [-0.15, -0.1) is 0 Å². The fourth-order valence-corrected chi connectivity index (χ4v) is 0.831. The Morgan fingerprint density at radius 2 is 2.46 bits per heavy atom. The molecule has 13 heavy (non-hydrogen) atoms. The summed E-state index contributed by atoms with van der Waals surface area (Å²) < 4.78 is 5.04. The van der Waals surface area contributed by atoms with Gasteiger partial charge in [-0.05, 0) is 13.0 Å². The minimum absolute atomic E-state index is 0.333. The summed E-state index contributed by atoms with van der Waals surface area (Å²) in [5.41, 5.74) is 5.33. The van der Waals surface area contributed by atoms with Crippen molar-refractivity contribution in [1.82, 2.24) is 5.32 Å². The van der Waals surface area contributed by atoms with Crippen LogP contribution in [0.4, 0.5) is 5.88 Å². The molecule has 0 aliphatic carbocycles. The predicted octanol–water partition coefficient (Wildman–Crippen LogP) is 0.425. The zero-order valence-corrected chi connectivity index (χ0v) is 7.28. The van der Waals surface area contributed by atoms with Gasteiger partial charge < -0.3 is 15.3 Å². The lowest BCUT2D eigenvalue weighted by Gasteiger charge is -2.06. The van der Waals surface area contributed by atoms with E-state index in [4.69, 9.17) is 15.3 Å². The molecule has 5 heteroatoms. The number of furan rings is 1. The topological polar surface area (TPSA) is 88.5 Å². The maximum atomic E-state index is 10.4. The number of nitrogens with one attached hydrogen (secondary N) is 1. The highest BCUT2D eigenvalue weighted by Gasteiger charge is 2.10. The molecule has 0 aliphatic heterocycles. The largest absolute Gasteiger partial charge is 0.480 e. The number of carboxylic acids is 1. The van der Waals surface area contributed by atoms with Crippen LogP contribution in [0, 0.1) is 0 Å². The first kappa shape index (κ1) is 9.60. The molecule has 0 radical (unpaired) electrons. The SMILES string of the molecule is CC(NCc1ccc(N)o1)C(=O)O. The van der Waals surface area contributed by atoms with Gasteiger partial charge in [-0.3, -0.25) is 10.1 Å². The summed E-state index contributed by atoms with van der Waals surface area (Å²) in [4.78, 5) is 10.4. The van der Waals surface area contributed by atoms with Crippen molar-refractivity contribution in [2.75, 3.05) is 5.73 Å². The third kappa shape index (κ3) is 2.79. The summed E-state index contributed by atoms with van der Waals surface area (Å²) in [5, 5.41) is 11.3. The molecule has 4 N–H and O–H groups in total. The normalized spacial score (nSPS) is 12.7. The summed E-state index contributed by atoms with van der Waals surface area (Å²) in [5.74, 6) is 0.0740. The Morgan fingerprint density at radius 1 is 1.77 bits per heavy atom. The second-order valence-corrected chi connectivity index (χ2v) is 2.74. The number of rotatable bonds is 4. The van der Waals surface area contributed by atoms with Gasteiger partial charge >= 0.3 is 5.97 Å². The van der Waals surface area contributed by atoms with E-state index in [0.29, 0.717) is 18.2 Å². The average molecular weight is 184 g/mol. The van der Waals surface area contributed by atoms with Crippen molar-refractivity contribution in [3.05, 3.63) is 17.9 Å². The van der Waals surface area contributed by atoms with Gasteiger partial charge in [0.05, 0.1) is 6.54 Å². The van der Waals surface area contributed by atoms with E-state index in [1.807, 2.05) is 0 Å². The lowest BCUT2D eigenvalue weighted by Crippen LogP contribution is -2.32. The molecule has 1 aromatic rings. The van der Waals surface area contributed by atoms with Gasteiger partial charge in [0.25, 0.3) is 0 Å². The molecule has 1 heterocycles. The van der Waals surface area contributed by atoms with E-state index in [1.165, 1.54) is 0 Å². The highest BCUT2D eigenvalue weighted by molar-refractivity contribution is 5.72. The third-order valence-corrected chi connectivity index (χ3v) is 1.64. The predicted molar refractivity (Wildman–Crippen MR) is 47.1 cm³/mol. The van der Waals surface area contributed by atoms with Crippen LogP contribution in [0.15, 0.2) is 16.5 Å². The summed E-state index contributed by atoms with van der Waals surface area (Å²) in [7, 11) is 0. The Balaban J connectivity index is 2.39. The van der Waals surface area contributed by atoms with Gasteiger partial charge in [-0.25, -0.2) is 0 Å². The van der Waals surface area contributed by atoms with Crippen LogP contribution in [0.2, 0.25) is 0 Å². The first-order valence-electron chi connectivity index (χ1n) is 3.90. The summed E-state index contributed by atoms with van der Waals surface area (Å²) in [6.45, 7) is 1.93. The van der Waals surface area contributed by atoms with Crippen molar-refractivity contribution < 1.29 is 14.3 Å². The lowest BCUT2D eigenvalue weighted by atomic mass is 10.3. The number of anilines is 1. The minimum atomic E-state index is -0.889. The first-order valence-corrected chi connectivity index (χ1v) is 3.90. The molecule has 0 saturated carbocycles. The van der Waals surface area contributed by atoms with Crippen LogP contribution in [0.1, 0.15) is 12.7 Å². The molecular formula is C8H12N2O3. The van der Waals surface area contributed by atoms with Gasteiger partial charge in [0, 0.05) is 6.07 Å². The van der Waals surface area contributed by atoms with Gasteiger partial charge in [0.15, 0.2) is 5.88 Å². The van der Waals surface area contributed by atoms with Crippen LogP contribution in [0.3, 0.4) is 0 Å². The van der Waals surface area contributed by atoms with Crippen LogP contribution in [-0.2, 0) is 11.3 Å². The smallest absolute Gasteiger partial charge is 0.320 e. The number of aliphatic carboxylic acids is 1. The zero-order valence-electron chi connectivity index (χ0n) is 7.28. The van der Waals surface area contributed by atoms with E-state index in [2.05, 4.69) is 5.32 Å². The quantitative estimate of drug-likeness (QED) is 0.631. The molecule has 0 bridgehead atoms. The van der Waals surface area contributed by atoms with Crippen molar-refractivity contribution in [2.24, 2.45) is 0 Å². The maximum Gasteiger partial charge on any atom is 0.320 e. The molecule has 0 aliphatic rings. The van der Waals surface area contributed by atoms with E-state index >= 15 is 0 Å². The molecule has 1 unspecified atom stereocenters. The molecule has 1 atom stereocenters. The van der Waals surface area contributed by atoms with Crippen LogP contribution < -0.4 is 11.1 Å². The number of hydrogen-bond acceptors (Lipinski definition) is 4. The maximum absolute atomic E-state index is 10.4. The molecule has 72 valence electrons. The highest BCUT2D eigenvalue weighted by atomic mass is 16.4. The molecule has 0 aromatic carbocycles. The molecular weight excluding hydrogens is 172 g/mol. The minimum Gasteiger partial charge on any atom is -0.480 e. The van der Waals surface area contributed by atoms with Crippen molar-refractivity contribution in [3.63, 3.8) is 0 Å². The van der Waals surface area contributed by atoms with Gasteiger partial charge in [-0.2, -0.15) is 0 Å². The fourth-order valence-electron chi connectivity index (χ4n) is 0.831.